The number of hydrogen-bond donors (Lipinski definition) is 2. The van der Waals surface area contributed by atoms with E-state index >= 15 is 0 Å². The molecule has 1 aromatic heterocycles. The second-order valence-electron chi connectivity index (χ2n) is 5.41. The Kier molecular flexibility index (Phi) is 4.46. The van der Waals surface area contributed by atoms with Crippen molar-refractivity contribution in [3.05, 3.63) is 51.2 Å². The molecule has 1 aliphatic carbocycles. The number of rotatable bonds is 6. The number of thiophene rings is 1. The lowest BCUT2D eigenvalue weighted by molar-refractivity contribution is 0.0698. The number of carbonyl (C=O) groups is 1. The zero-order chi connectivity index (χ0) is 16.6. The van der Waals surface area contributed by atoms with Gasteiger partial charge in [0.1, 0.15) is 9.77 Å². The number of carboxylic acids is 1. The van der Waals surface area contributed by atoms with Crippen molar-refractivity contribution < 1.29 is 18.3 Å². The van der Waals surface area contributed by atoms with Crippen LogP contribution in [0.4, 0.5) is 0 Å². The lowest BCUT2D eigenvalue weighted by Crippen LogP contribution is -2.30. The predicted octanol–water partition coefficient (Wildman–Crippen LogP) is 3.53. The molecule has 1 atom stereocenters. The van der Waals surface area contributed by atoms with E-state index in [0.29, 0.717) is 5.02 Å². The quantitative estimate of drug-likeness (QED) is 0.813. The molecular weight excluding hydrogens is 358 g/mol. The summed E-state index contributed by atoms with van der Waals surface area (Å²) in [5.41, 5.74) is 0.826. The molecule has 122 valence electrons. The van der Waals surface area contributed by atoms with Crippen LogP contribution in [0.5, 0.6) is 0 Å². The van der Waals surface area contributed by atoms with Crippen molar-refractivity contribution in [3.8, 4) is 0 Å². The van der Waals surface area contributed by atoms with Gasteiger partial charge in [-0.05, 0) is 47.9 Å². The van der Waals surface area contributed by atoms with Crippen molar-refractivity contribution in [1.29, 1.82) is 0 Å². The van der Waals surface area contributed by atoms with Crippen molar-refractivity contribution in [1.82, 2.24) is 4.72 Å². The van der Waals surface area contributed by atoms with Crippen LogP contribution >= 0.6 is 22.9 Å². The predicted molar refractivity (Wildman–Crippen MR) is 88.5 cm³/mol. The second kappa shape index (κ2) is 6.24. The van der Waals surface area contributed by atoms with Gasteiger partial charge in [-0.2, -0.15) is 0 Å². The molecule has 0 radical (unpaired) electrons. The minimum atomic E-state index is -3.91. The van der Waals surface area contributed by atoms with E-state index in [1.165, 1.54) is 11.4 Å². The largest absolute Gasteiger partial charge is 0.477 e. The van der Waals surface area contributed by atoms with E-state index in [2.05, 4.69) is 4.72 Å². The molecule has 0 bridgehead atoms. The first-order valence-corrected chi connectivity index (χ1v) is 9.71. The average Bonchev–Trinajstić information content (AvgIpc) is 3.20. The molecule has 0 spiro atoms. The van der Waals surface area contributed by atoms with Crippen LogP contribution in [0, 0.1) is 5.92 Å². The number of carboxylic acid groups (broad SMARTS) is 1. The van der Waals surface area contributed by atoms with Crippen LogP contribution in [0.3, 0.4) is 0 Å². The highest BCUT2D eigenvalue weighted by Crippen LogP contribution is 2.42. The van der Waals surface area contributed by atoms with Crippen LogP contribution in [0.1, 0.15) is 34.1 Å². The van der Waals surface area contributed by atoms with Gasteiger partial charge in [-0.25, -0.2) is 17.9 Å². The Balaban J connectivity index is 1.92. The SMILES string of the molecule is O=C(O)c1sccc1S(=O)(=O)NC(c1ccc(Cl)cc1)C1CC1. The maximum Gasteiger partial charge on any atom is 0.347 e. The summed E-state index contributed by atoms with van der Waals surface area (Å²) in [4.78, 5) is 10.8. The third-order valence-corrected chi connectivity index (χ3v) is 6.48. The summed E-state index contributed by atoms with van der Waals surface area (Å²) >= 11 is 6.78. The lowest BCUT2D eigenvalue weighted by Gasteiger charge is -2.19. The van der Waals surface area contributed by atoms with Crippen LogP contribution in [-0.4, -0.2) is 19.5 Å². The summed E-state index contributed by atoms with van der Waals surface area (Å²) in [5, 5.41) is 11.2. The highest BCUT2D eigenvalue weighted by atomic mass is 35.5. The van der Waals surface area contributed by atoms with Gasteiger partial charge in [-0.3, -0.25) is 0 Å². The van der Waals surface area contributed by atoms with Crippen molar-refractivity contribution in [3.63, 3.8) is 0 Å². The van der Waals surface area contributed by atoms with Gasteiger partial charge >= 0.3 is 5.97 Å². The Hall–Kier alpha value is -1.41. The first-order chi connectivity index (χ1) is 10.9. The zero-order valence-corrected chi connectivity index (χ0v) is 14.3. The van der Waals surface area contributed by atoms with E-state index in [1.54, 1.807) is 24.3 Å². The van der Waals surface area contributed by atoms with Gasteiger partial charge in [0.05, 0.1) is 0 Å². The topological polar surface area (TPSA) is 83.5 Å². The maximum atomic E-state index is 12.6. The van der Waals surface area contributed by atoms with Crippen molar-refractivity contribution in [2.45, 2.75) is 23.8 Å². The van der Waals surface area contributed by atoms with Crippen molar-refractivity contribution in [2.24, 2.45) is 5.92 Å². The number of benzene rings is 1. The minimum absolute atomic E-state index is 0.178. The Bertz CT molecular complexity index is 825. The molecule has 0 aliphatic heterocycles. The molecule has 1 aromatic carbocycles. The van der Waals surface area contributed by atoms with Gasteiger partial charge in [0.2, 0.25) is 10.0 Å². The fraction of sp³-hybridized carbons (Fsp3) is 0.267. The molecule has 2 aromatic rings. The van der Waals surface area contributed by atoms with E-state index in [9.17, 15) is 13.2 Å². The smallest absolute Gasteiger partial charge is 0.347 e. The van der Waals surface area contributed by atoms with Crippen LogP contribution in [0.2, 0.25) is 5.02 Å². The number of nitrogens with one attached hydrogen (secondary N) is 1. The molecule has 3 rings (SSSR count). The maximum absolute atomic E-state index is 12.6. The summed E-state index contributed by atoms with van der Waals surface area (Å²) in [6.07, 6.45) is 1.87. The third-order valence-electron chi connectivity index (χ3n) is 3.72. The lowest BCUT2D eigenvalue weighted by atomic mass is 10.0. The summed E-state index contributed by atoms with van der Waals surface area (Å²) < 4.78 is 27.9. The molecule has 1 saturated carbocycles. The van der Waals surface area contributed by atoms with Crippen LogP contribution in [0.25, 0.3) is 0 Å². The molecule has 2 N–H and O–H groups in total. The van der Waals surface area contributed by atoms with E-state index in [-0.39, 0.29) is 21.7 Å². The molecule has 0 amide bonds. The van der Waals surface area contributed by atoms with E-state index in [4.69, 9.17) is 16.7 Å². The normalized spacial score (nSPS) is 16.2. The highest BCUT2D eigenvalue weighted by molar-refractivity contribution is 7.89. The Morgan fingerprint density at radius 3 is 2.48 bits per heavy atom. The van der Waals surface area contributed by atoms with E-state index in [0.717, 1.165) is 29.7 Å². The highest BCUT2D eigenvalue weighted by Gasteiger charge is 2.36. The standard InChI is InChI=1S/C15H14ClNO4S2/c16-11-5-3-10(4-6-11)13(9-1-2-9)17-23(20,21)12-7-8-22-14(12)15(18)19/h3-9,13,17H,1-2H2,(H,18,19). The number of hydrogen-bond acceptors (Lipinski definition) is 4. The molecular formula is C15H14ClNO4S2. The summed E-state index contributed by atoms with van der Waals surface area (Å²) in [7, 11) is -3.91. The van der Waals surface area contributed by atoms with Crippen molar-refractivity contribution in [2.75, 3.05) is 0 Å². The summed E-state index contributed by atoms with van der Waals surface area (Å²) in [6.45, 7) is 0. The minimum Gasteiger partial charge on any atom is -0.477 e. The van der Waals surface area contributed by atoms with Gasteiger partial charge < -0.3 is 5.11 Å². The van der Waals surface area contributed by atoms with Crippen LogP contribution in [0.15, 0.2) is 40.6 Å². The fourth-order valence-corrected chi connectivity index (χ4v) is 5.11. The first kappa shape index (κ1) is 16.4. The first-order valence-electron chi connectivity index (χ1n) is 6.97. The number of halogens is 1. The Labute approximate surface area is 143 Å². The molecule has 8 heteroatoms. The molecule has 1 unspecified atom stereocenters. The molecule has 1 heterocycles. The van der Waals surface area contributed by atoms with Gasteiger partial charge in [-0.1, -0.05) is 23.7 Å². The van der Waals surface area contributed by atoms with Gasteiger partial charge in [0.15, 0.2) is 0 Å². The fourth-order valence-electron chi connectivity index (χ4n) is 2.43. The van der Waals surface area contributed by atoms with Crippen molar-refractivity contribution >= 4 is 38.9 Å². The molecule has 1 fully saturated rings. The van der Waals surface area contributed by atoms with Crippen LogP contribution in [-0.2, 0) is 10.0 Å². The molecule has 1 aliphatic rings. The Morgan fingerprint density at radius 2 is 1.91 bits per heavy atom. The number of aromatic carboxylic acids is 1. The van der Waals surface area contributed by atoms with Gasteiger partial charge in [0.25, 0.3) is 0 Å². The molecule has 23 heavy (non-hydrogen) atoms. The average molecular weight is 372 g/mol. The third kappa shape index (κ3) is 3.58. The zero-order valence-electron chi connectivity index (χ0n) is 11.9. The van der Waals surface area contributed by atoms with Gasteiger partial charge in [0, 0.05) is 11.1 Å². The number of sulfonamides is 1. The monoisotopic (exact) mass is 371 g/mol. The summed E-state index contributed by atoms with van der Waals surface area (Å²) in [6, 6.07) is 7.96. The Morgan fingerprint density at radius 1 is 1.26 bits per heavy atom. The van der Waals surface area contributed by atoms with Gasteiger partial charge in [-0.15, -0.1) is 11.3 Å². The van der Waals surface area contributed by atoms with Crippen LogP contribution < -0.4 is 4.72 Å². The molecule has 0 saturated heterocycles. The summed E-state index contributed by atoms with van der Waals surface area (Å²) in [5.74, 6) is -1.02. The van der Waals surface area contributed by atoms with E-state index < -0.39 is 16.0 Å². The van der Waals surface area contributed by atoms with E-state index in [1.807, 2.05) is 0 Å². The second-order valence-corrected chi connectivity index (χ2v) is 8.44. The molecule has 5 nitrogen and oxygen atoms in total.